The molecule has 0 fully saturated rings. The van der Waals surface area contributed by atoms with E-state index in [-0.39, 0.29) is 30.2 Å². The molecule has 0 aliphatic heterocycles. The number of nitrogens with zero attached hydrogens (tertiary/aromatic N) is 2. The molecule has 8 heteroatoms. The van der Waals surface area contributed by atoms with E-state index in [0.717, 1.165) is 6.21 Å². The molecule has 0 bridgehead atoms. The average molecular weight is 409 g/mol. The predicted octanol–water partition coefficient (Wildman–Crippen LogP) is 3.50. The molecule has 1 aromatic carbocycles. The number of nitrogens with one attached hydrogen (secondary N) is 1. The maximum absolute atomic E-state index is 12.4. The lowest BCUT2D eigenvalue weighted by molar-refractivity contribution is -0.139. The van der Waals surface area contributed by atoms with Crippen LogP contribution in [0.25, 0.3) is 5.76 Å². The molecule has 2 aromatic rings. The number of aliphatic imine (C=N–C) groups is 1. The summed E-state index contributed by atoms with van der Waals surface area (Å²) in [5.41, 5.74) is 0.0847. The van der Waals surface area contributed by atoms with Crippen molar-refractivity contribution in [2.75, 3.05) is 18.5 Å². The maximum atomic E-state index is 12.4. The second kappa shape index (κ2) is 11.8. The van der Waals surface area contributed by atoms with Crippen LogP contribution in [0.3, 0.4) is 0 Å². The highest BCUT2D eigenvalue weighted by Crippen LogP contribution is 2.16. The van der Waals surface area contributed by atoms with Crippen LogP contribution in [0.15, 0.2) is 77.2 Å². The molecule has 0 radical (unpaired) electrons. The Balaban J connectivity index is 2.40. The zero-order valence-corrected chi connectivity index (χ0v) is 16.7. The van der Waals surface area contributed by atoms with Crippen LogP contribution in [0.5, 0.6) is 0 Å². The van der Waals surface area contributed by atoms with E-state index in [2.05, 4.69) is 15.3 Å². The minimum atomic E-state index is -0.775. The van der Waals surface area contributed by atoms with Crippen LogP contribution < -0.4 is 5.32 Å². The highest BCUT2D eigenvalue weighted by molar-refractivity contribution is 6.15. The van der Waals surface area contributed by atoms with Gasteiger partial charge in [0.15, 0.2) is 5.70 Å². The number of aromatic nitrogens is 1. The smallest absolute Gasteiger partial charge is 0.358 e. The Bertz CT molecular complexity index is 938. The fourth-order valence-electron chi connectivity index (χ4n) is 2.25. The molecule has 1 heterocycles. The minimum absolute atomic E-state index is 0.111. The first-order valence-corrected chi connectivity index (χ1v) is 9.31. The summed E-state index contributed by atoms with van der Waals surface area (Å²) in [7, 11) is 0. The highest BCUT2D eigenvalue weighted by atomic mass is 16.5. The zero-order chi connectivity index (χ0) is 21.8. The largest absolute Gasteiger partial charge is 0.506 e. The molecular formula is C22H23N3O5. The van der Waals surface area contributed by atoms with Crippen LogP contribution in [-0.2, 0) is 19.1 Å². The minimum Gasteiger partial charge on any atom is -0.506 e. The summed E-state index contributed by atoms with van der Waals surface area (Å²) in [5, 5.41) is 13.4. The van der Waals surface area contributed by atoms with E-state index >= 15 is 0 Å². The average Bonchev–Trinajstić information content (AvgIpc) is 2.77. The lowest BCUT2D eigenvalue weighted by Gasteiger charge is -2.08. The number of aliphatic hydroxyl groups is 1. The summed E-state index contributed by atoms with van der Waals surface area (Å²) in [6.07, 6.45) is 3.96. The molecule has 8 nitrogen and oxygen atoms in total. The third-order valence-corrected chi connectivity index (χ3v) is 3.64. The van der Waals surface area contributed by atoms with Gasteiger partial charge in [-0.15, -0.1) is 0 Å². The number of carbonyl (C=O) groups excluding carboxylic acids is 2. The number of pyridine rings is 1. The van der Waals surface area contributed by atoms with Crippen molar-refractivity contribution in [3.05, 3.63) is 77.8 Å². The van der Waals surface area contributed by atoms with Crippen LogP contribution in [0.2, 0.25) is 0 Å². The van der Waals surface area contributed by atoms with Gasteiger partial charge in [0, 0.05) is 24.2 Å². The fraction of sp³-hybridized carbons (Fsp3) is 0.182. The summed E-state index contributed by atoms with van der Waals surface area (Å²) in [6, 6.07) is 13.7. The van der Waals surface area contributed by atoms with E-state index in [1.165, 1.54) is 6.20 Å². The van der Waals surface area contributed by atoms with Crippen LogP contribution in [-0.4, -0.2) is 41.5 Å². The van der Waals surface area contributed by atoms with Crippen molar-refractivity contribution in [2.24, 2.45) is 4.99 Å². The van der Waals surface area contributed by atoms with Gasteiger partial charge in [-0.25, -0.2) is 19.6 Å². The quantitative estimate of drug-likeness (QED) is 0.282. The molecule has 1 aromatic heterocycles. The zero-order valence-electron chi connectivity index (χ0n) is 16.7. The molecule has 30 heavy (non-hydrogen) atoms. The monoisotopic (exact) mass is 409 g/mol. The van der Waals surface area contributed by atoms with Crippen LogP contribution in [0, 0.1) is 0 Å². The lowest BCUT2D eigenvalue weighted by atomic mass is 10.1. The number of hydrogen-bond donors (Lipinski definition) is 2. The summed E-state index contributed by atoms with van der Waals surface area (Å²) < 4.78 is 10.0. The van der Waals surface area contributed by atoms with Crippen molar-refractivity contribution < 1.29 is 24.2 Å². The maximum Gasteiger partial charge on any atom is 0.358 e. The van der Waals surface area contributed by atoms with Gasteiger partial charge in [-0.05, 0) is 26.0 Å². The number of ether oxygens (including phenoxy) is 2. The topological polar surface area (TPSA) is 110 Å². The first-order chi connectivity index (χ1) is 14.6. The van der Waals surface area contributed by atoms with E-state index < -0.39 is 11.9 Å². The van der Waals surface area contributed by atoms with Crippen LogP contribution in [0.1, 0.15) is 19.4 Å². The van der Waals surface area contributed by atoms with E-state index in [9.17, 15) is 14.7 Å². The third kappa shape index (κ3) is 6.59. The number of carbonyl (C=O) groups is 2. The Morgan fingerprint density at radius 2 is 1.70 bits per heavy atom. The molecule has 0 saturated heterocycles. The number of benzene rings is 1. The molecule has 2 N–H and O–H groups in total. The lowest BCUT2D eigenvalue weighted by Crippen LogP contribution is -2.13. The summed E-state index contributed by atoms with van der Waals surface area (Å²) >= 11 is 0. The molecule has 0 amide bonds. The first-order valence-electron chi connectivity index (χ1n) is 9.31. The van der Waals surface area contributed by atoms with Crippen molar-refractivity contribution in [3.8, 4) is 0 Å². The first kappa shape index (κ1) is 22.4. The number of hydrogen-bond acceptors (Lipinski definition) is 8. The summed E-state index contributed by atoms with van der Waals surface area (Å²) in [4.78, 5) is 32.8. The molecule has 0 aliphatic carbocycles. The Hall–Kier alpha value is -3.94. The number of aliphatic hydroxyl groups excluding tert-OH is 1. The Labute approximate surface area is 174 Å². The van der Waals surface area contributed by atoms with E-state index in [0.29, 0.717) is 11.4 Å². The van der Waals surface area contributed by atoms with Gasteiger partial charge in [0.2, 0.25) is 0 Å². The van der Waals surface area contributed by atoms with Crippen molar-refractivity contribution in [1.29, 1.82) is 0 Å². The van der Waals surface area contributed by atoms with Crippen LogP contribution >= 0.6 is 0 Å². The Morgan fingerprint density at radius 1 is 1.03 bits per heavy atom. The number of anilines is 1. The van der Waals surface area contributed by atoms with E-state index in [4.69, 9.17) is 9.47 Å². The van der Waals surface area contributed by atoms with Gasteiger partial charge in [-0.3, -0.25) is 0 Å². The van der Waals surface area contributed by atoms with Gasteiger partial charge in [0.1, 0.15) is 17.2 Å². The van der Waals surface area contributed by atoms with E-state index in [1.807, 2.05) is 0 Å². The normalized spacial score (nSPS) is 12.3. The summed E-state index contributed by atoms with van der Waals surface area (Å²) in [5.74, 6) is -1.32. The molecule has 0 saturated carbocycles. The van der Waals surface area contributed by atoms with Gasteiger partial charge >= 0.3 is 11.9 Å². The standard InChI is InChI=1S/C22H23N3O5/c1-3-29-21(27)17(20(26)16-10-6-5-7-11-16)14-24-18(22(28)30-4-2)15-25-19-12-8-9-13-23-19/h5-15,26H,3-4H2,1-2H3,(H,23,25)/b18-15-,20-17+,24-14+. The third-order valence-electron chi connectivity index (χ3n) is 3.64. The van der Waals surface area contributed by atoms with Crippen LogP contribution in [0.4, 0.5) is 5.82 Å². The SMILES string of the molecule is CCOC(=O)C(=C/Nc1ccccn1)/N=C/C(C(=O)OCC)=C(\O)c1ccccc1. The van der Waals surface area contributed by atoms with Gasteiger partial charge in [-0.1, -0.05) is 36.4 Å². The molecule has 0 unspecified atom stereocenters. The Morgan fingerprint density at radius 3 is 2.33 bits per heavy atom. The molecule has 156 valence electrons. The molecule has 0 spiro atoms. The number of esters is 2. The van der Waals surface area contributed by atoms with Gasteiger partial charge in [-0.2, -0.15) is 0 Å². The molecule has 2 rings (SSSR count). The van der Waals surface area contributed by atoms with Crippen molar-refractivity contribution in [2.45, 2.75) is 13.8 Å². The molecular weight excluding hydrogens is 386 g/mol. The second-order valence-electron chi connectivity index (χ2n) is 5.72. The summed E-state index contributed by atoms with van der Waals surface area (Å²) in [6.45, 7) is 3.56. The van der Waals surface area contributed by atoms with Crippen molar-refractivity contribution in [3.63, 3.8) is 0 Å². The van der Waals surface area contributed by atoms with E-state index in [1.54, 1.807) is 68.6 Å². The van der Waals surface area contributed by atoms with Crippen molar-refractivity contribution >= 4 is 29.7 Å². The fourth-order valence-corrected chi connectivity index (χ4v) is 2.25. The Kier molecular flexibility index (Phi) is 8.79. The molecule has 0 aliphatic rings. The predicted molar refractivity (Wildman–Crippen MR) is 114 cm³/mol. The number of rotatable bonds is 9. The molecule has 0 atom stereocenters. The van der Waals surface area contributed by atoms with Gasteiger partial charge in [0.05, 0.1) is 13.2 Å². The highest BCUT2D eigenvalue weighted by Gasteiger charge is 2.17. The van der Waals surface area contributed by atoms with Crippen molar-refractivity contribution in [1.82, 2.24) is 4.98 Å². The second-order valence-corrected chi connectivity index (χ2v) is 5.72. The van der Waals surface area contributed by atoms with Gasteiger partial charge in [0.25, 0.3) is 0 Å². The van der Waals surface area contributed by atoms with Gasteiger partial charge < -0.3 is 19.9 Å².